The molecule has 1 aliphatic rings. The number of hydrogen-bond acceptors (Lipinski definition) is 4. The second-order valence-corrected chi connectivity index (χ2v) is 7.13. The third-order valence-corrected chi connectivity index (χ3v) is 5.25. The first-order valence-electron chi connectivity index (χ1n) is 7.61. The van der Waals surface area contributed by atoms with Crippen LogP contribution < -0.4 is 11.3 Å². The van der Waals surface area contributed by atoms with Gasteiger partial charge in [0.2, 0.25) is 0 Å². The number of ether oxygens (including phenoxy) is 1. The van der Waals surface area contributed by atoms with E-state index in [0.29, 0.717) is 10.4 Å². The first-order chi connectivity index (χ1) is 9.89. The zero-order valence-corrected chi connectivity index (χ0v) is 14.2. The molecule has 0 saturated heterocycles. The smallest absolute Gasteiger partial charge is 0.0933 e. The number of aromatic nitrogens is 2. The van der Waals surface area contributed by atoms with Crippen molar-refractivity contribution in [3.8, 4) is 0 Å². The zero-order chi connectivity index (χ0) is 15.7. The normalized spacial score (nSPS) is 22.2. The first kappa shape index (κ1) is 16.7. The number of aryl methyl sites for hydroxylation is 1. The minimum absolute atomic E-state index is 0.159. The molecule has 2 rings (SSSR count). The number of nitrogens with one attached hydrogen (secondary N) is 1. The third-order valence-electron chi connectivity index (χ3n) is 4.96. The van der Waals surface area contributed by atoms with Gasteiger partial charge in [-0.15, -0.1) is 0 Å². The fraction of sp³-hybridized carbons (Fsp3) is 0.800. The molecule has 0 amide bonds. The van der Waals surface area contributed by atoms with Crippen molar-refractivity contribution >= 4 is 11.6 Å². The second-order valence-electron chi connectivity index (χ2n) is 6.73. The summed E-state index contributed by atoms with van der Waals surface area (Å²) in [4.78, 5) is 0. The van der Waals surface area contributed by atoms with Crippen LogP contribution in [-0.2, 0) is 11.3 Å². The van der Waals surface area contributed by atoms with E-state index in [-0.39, 0.29) is 11.6 Å². The molecule has 1 aliphatic carbocycles. The van der Waals surface area contributed by atoms with Crippen molar-refractivity contribution in [2.45, 2.75) is 64.6 Å². The summed E-state index contributed by atoms with van der Waals surface area (Å²) in [7, 11) is 1.77. The highest BCUT2D eigenvalue weighted by atomic mass is 35.5. The highest BCUT2D eigenvalue weighted by molar-refractivity contribution is 6.31. The average molecular weight is 315 g/mol. The van der Waals surface area contributed by atoms with Crippen LogP contribution in [0, 0.1) is 5.41 Å². The summed E-state index contributed by atoms with van der Waals surface area (Å²) in [6.45, 7) is 7.41. The highest BCUT2D eigenvalue weighted by Crippen LogP contribution is 2.48. The molecule has 0 aromatic carbocycles. The van der Waals surface area contributed by atoms with Crippen molar-refractivity contribution in [1.29, 1.82) is 0 Å². The topological polar surface area (TPSA) is 65.1 Å². The second kappa shape index (κ2) is 6.24. The molecule has 0 radical (unpaired) electrons. The maximum absolute atomic E-state index is 6.36. The Balaban J connectivity index is 2.36. The van der Waals surface area contributed by atoms with Crippen molar-refractivity contribution in [3.63, 3.8) is 0 Å². The van der Waals surface area contributed by atoms with Crippen LogP contribution in [0.2, 0.25) is 5.02 Å². The Bertz CT molecular complexity index is 476. The molecule has 0 spiro atoms. The van der Waals surface area contributed by atoms with Crippen LogP contribution >= 0.6 is 11.6 Å². The summed E-state index contributed by atoms with van der Waals surface area (Å²) in [6.07, 6.45) is 5.81. The van der Waals surface area contributed by atoms with Crippen LogP contribution in [0.4, 0.5) is 0 Å². The van der Waals surface area contributed by atoms with Crippen LogP contribution in [0.1, 0.15) is 58.2 Å². The molecule has 1 saturated carbocycles. The lowest BCUT2D eigenvalue weighted by Crippen LogP contribution is -2.51. The molecule has 5 nitrogen and oxygen atoms in total. The number of methoxy groups -OCH3 is 1. The van der Waals surface area contributed by atoms with E-state index in [1.807, 2.05) is 11.6 Å². The van der Waals surface area contributed by atoms with Gasteiger partial charge in [0.15, 0.2) is 0 Å². The first-order valence-corrected chi connectivity index (χ1v) is 7.99. The molecule has 3 N–H and O–H groups in total. The fourth-order valence-electron chi connectivity index (χ4n) is 3.35. The van der Waals surface area contributed by atoms with Crippen LogP contribution in [0.5, 0.6) is 0 Å². The highest BCUT2D eigenvalue weighted by Gasteiger charge is 2.46. The Kier molecular flexibility index (Phi) is 4.98. The average Bonchev–Trinajstić information content (AvgIpc) is 2.83. The molecular formula is C15H27ClN4O. The SMILES string of the molecule is CCn1ncc(Cl)c1C(NN)C1(OC)CCC(C)(C)CC1. The molecule has 1 fully saturated rings. The van der Waals surface area contributed by atoms with Gasteiger partial charge in [0.1, 0.15) is 0 Å². The maximum atomic E-state index is 6.36. The number of nitrogens with zero attached hydrogens (tertiary/aromatic N) is 2. The van der Waals surface area contributed by atoms with Gasteiger partial charge in [-0.1, -0.05) is 25.4 Å². The zero-order valence-electron chi connectivity index (χ0n) is 13.4. The van der Waals surface area contributed by atoms with Crippen molar-refractivity contribution in [1.82, 2.24) is 15.2 Å². The minimum atomic E-state index is -0.332. The van der Waals surface area contributed by atoms with E-state index >= 15 is 0 Å². The van der Waals surface area contributed by atoms with Crippen LogP contribution in [0.3, 0.4) is 0 Å². The lowest BCUT2D eigenvalue weighted by molar-refractivity contribution is -0.0893. The quantitative estimate of drug-likeness (QED) is 0.647. The van der Waals surface area contributed by atoms with Crippen LogP contribution in [0.25, 0.3) is 0 Å². The van der Waals surface area contributed by atoms with Crippen molar-refractivity contribution in [2.75, 3.05) is 7.11 Å². The van der Waals surface area contributed by atoms with Crippen LogP contribution in [0.15, 0.2) is 6.20 Å². The molecule has 6 heteroatoms. The van der Waals surface area contributed by atoms with Gasteiger partial charge in [-0.3, -0.25) is 10.5 Å². The molecule has 0 aliphatic heterocycles. The Labute approximate surface area is 132 Å². The lowest BCUT2D eigenvalue weighted by atomic mass is 9.68. The Hall–Kier alpha value is -0.620. The molecule has 0 bridgehead atoms. The monoisotopic (exact) mass is 314 g/mol. The van der Waals surface area contributed by atoms with Gasteiger partial charge in [-0.2, -0.15) is 5.10 Å². The van der Waals surface area contributed by atoms with E-state index < -0.39 is 0 Å². The fourth-order valence-corrected chi connectivity index (χ4v) is 3.60. The van der Waals surface area contributed by atoms with Crippen LogP contribution in [-0.4, -0.2) is 22.5 Å². The number of rotatable bonds is 5. The summed E-state index contributed by atoms with van der Waals surface area (Å²) in [6, 6.07) is -0.159. The Morgan fingerprint density at radius 3 is 2.52 bits per heavy atom. The largest absolute Gasteiger partial charge is 0.376 e. The van der Waals surface area contributed by atoms with E-state index in [0.717, 1.165) is 37.9 Å². The predicted molar refractivity (Wildman–Crippen MR) is 85.0 cm³/mol. The maximum Gasteiger partial charge on any atom is 0.0933 e. The van der Waals surface area contributed by atoms with E-state index in [9.17, 15) is 0 Å². The molecule has 1 heterocycles. The Morgan fingerprint density at radius 1 is 1.43 bits per heavy atom. The van der Waals surface area contributed by atoms with Crippen molar-refractivity contribution < 1.29 is 4.74 Å². The van der Waals surface area contributed by atoms with E-state index in [4.69, 9.17) is 22.2 Å². The standard InChI is InChI=1S/C15H27ClN4O/c1-5-20-12(11(16)10-18-20)13(19-17)15(21-4)8-6-14(2,3)7-9-15/h10,13,19H,5-9,17H2,1-4H3. The number of hydrazine groups is 1. The summed E-state index contributed by atoms with van der Waals surface area (Å²) in [5, 5.41) is 4.97. The Morgan fingerprint density at radius 2 is 2.05 bits per heavy atom. The number of nitrogens with two attached hydrogens (primary N) is 1. The van der Waals surface area contributed by atoms with Gasteiger partial charge < -0.3 is 4.74 Å². The molecular weight excluding hydrogens is 288 g/mol. The number of hydrogen-bond donors (Lipinski definition) is 2. The summed E-state index contributed by atoms with van der Waals surface area (Å²) in [5.41, 5.74) is 3.88. The molecule has 21 heavy (non-hydrogen) atoms. The molecule has 1 atom stereocenters. The van der Waals surface area contributed by atoms with E-state index in [1.165, 1.54) is 0 Å². The van der Waals surface area contributed by atoms with Gasteiger partial charge in [0, 0.05) is 13.7 Å². The van der Waals surface area contributed by atoms with Crippen molar-refractivity contribution in [2.24, 2.45) is 11.3 Å². The summed E-state index contributed by atoms with van der Waals surface area (Å²) < 4.78 is 7.86. The van der Waals surface area contributed by atoms with Crippen molar-refractivity contribution in [3.05, 3.63) is 16.9 Å². The predicted octanol–water partition coefficient (Wildman–Crippen LogP) is 3.05. The lowest BCUT2D eigenvalue weighted by Gasteiger charge is -2.46. The number of halogens is 1. The molecule has 1 unspecified atom stereocenters. The molecule has 1 aromatic rings. The van der Waals surface area contributed by atoms with E-state index in [1.54, 1.807) is 13.3 Å². The minimum Gasteiger partial charge on any atom is -0.376 e. The summed E-state index contributed by atoms with van der Waals surface area (Å²) in [5.74, 6) is 5.89. The van der Waals surface area contributed by atoms with Gasteiger partial charge in [-0.25, -0.2) is 5.43 Å². The van der Waals surface area contributed by atoms with Gasteiger partial charge in [0.25, 0.3) is 0 Å². The molecule has 1 aromatic heterocycles. The van der Waals surface area contributed by atoms with E-state index in [2.05, 4.69) is 24.4 Å². The van der Waals surface area contributed by atoms with Gasteiger partial charge in [0.05, 0.1) is 28.6 Å². The molecule has 120 valence electrons. The summed E-state index contributed by atoms with van der Waals surface area (Å²) >= 11 is 6.36. The third kappa shape index (κ3) is 3.11. The van der Waals surface area contributed by atoms with Gasteiger partial charge >= 0.3 is 0 Å². The van der Waals surface area contributed by atoms with Gasteiger partial charge in [-0.05, 0) is 38.0 Å².